The van der Waals surface area contributed by atoms with Crippen LogP contribution in [0.4, 0.5) is 18.9 Å². The van der Waals surface area contributed by atoms with Crippen molar-refractivity contribution in [3.05, 3.63) is 87.8 Å². The molecule has 0 saturated heterocycles. The summed E-state index contributed by atoms with van der Waals surface area (Å²) in [7, 11) is 0. The molecule has 1 N–H and O–H groups in total. The van der Waals surface area contributed by atoms with Crippen LogP contribution in [0.25, 0.3) is 5.69 Å². The maximum absolute atomic E-state index is 13.1. The highest BCUT2D eigenvalue weighted by molar-refractivity contribution is 6.03. The zero-order valence-electron chi connectivity index (χ0n) is 14.1. The maximum Gasteiger partial charge on any atom is 0.418 e. The van der Waals surface area contributed by atoms with E-state index in [1.165, 1.54) is 23.0 Å². The highest BCUT2D eigenvalue weighted by atomic mass is 19.4. The molecule has 8 heteroatoms. The Morgan fingerprint density at radius 3 is 2.52 bits per heavy atom. The number of anilines is 1. The molecule has 0 bridgehead atoms. The molecule has 5 nitrogen and oxygen atoms in total. The van der Waals surface area contributed by atoms with Crippen molar-refractivity contribution in [2.75, 3.05) is 5.32 Å². The van der Waals surface area contributed by atoms with Gasteiger partial charge in [-0.2, -0.15) is 18.3 Å². The highest BCUT2D eigenvalue weighted by Gasteiger charge is 2.33. The Bertz CT molecular complexity index is 1060. The van der Waals surface area contributed by atoms with Gasteiger partial charge in [0.2, 0.25) is 5.43 Å². The normalized spacial score (nSPS) is 11.3. The molecule has 138 valence electrons. The van der Waals surface area contributed by atoms with Gasteiger partial charge < -0.3 is 5.32 Å². The van der Waals surface area contributed by atoms with Gasteiger partial charge in [0.25, 0.3) is 5.91 Å². The summed E-state index contributed by atoms with van der Waals surface area (Å²) in [6.07, 6.45) is -3.26. The van der Waals surface area contributed by atoms with Gasteiger partial charge >= 0.3 is 6.18 Å². The van der Waals surface area contributed by atoms with Crippen LogP contribution in [0.5, 0.6) is 0 Å². The number of carbonyl (C=O) groups excluding carboxylic acids is 1. The second-order valence-electron chi connectivity index (χ2n) is 5.81. The van der Waals surface area contributed by atoms with Gasteiger partial charge in [-0.25, -0.2) is 4.68 Å². The molecule has 0 atom stereocenters. The molecule has 0 fully saturated rings. The van der Waals surface area contributed by atoms with Crippen LogP contribution in [0.3, 0.4) is 0 Å². The van der Waals surface area contributed by atoms with Crippen LogP contribution >= 0.6 is 0 Å². The van der Waals surface area contributed by atoms with Gasteiger partial charge in [-0.15, -0.1) is 0 Å². The van der Waals surface area contributed by atoms with Crippen molar-refractivity contribution >= 4 is 11.6 Å². The van der Waals surface area contributed by atoms with E-state index in [0.29, 0.717) is 5.69 Å². The topological polar surface area (TPSA) is 64.0 Å². The van der Waals surface area contributed by atoms with E-state index in [9.17, 15) is 22.8 Å². The summed E-state index contributed by atoms with van der Waals surface area (Å²) < 4.78 is 40.5. The molecule has 0 unspecified atom stereocenters. The molecule has 0 spiro atoms. The van der Waals surface area contributed by atoms with Crippen LogP contribution in [-0.2, 0) is 6.18 Å². The van der Waals surface area contributed by atoms with E-state index in [2.05, 4.69) is 10.4 Å². The SMILES string of the molecule is Cc1cccc(-n2ccc(=O)c(C(=O)Nc3ccccc3C(F)(F)F)n2)c1. The third-order valence-corrected chi connectivity index (χ3v) is 3.77. The molecule has 0 radical (unpaired) electrons. The number of nitrogens with zero attached hydrogens (tertiary/aromatic N) is 2. The Kier molecular flexibility index (Phi) is 4.81. The number of para-hydroxylation sites is 1. The van der Waals surface area contributed by atoms with Crippen LogP contribution < -0.4 is 10.7 Å². The molecule has 27 heavy (non-hydrogen) atoms. The molecule has 1 heterocycles. The number of carbonyl (C=O) groups is 1. The summed E-state index contributed by atoms with van der Waals surface area (Å²) >= 11 is 0. The largest absolute Gasteiger partial charge is 0.418 e. The molecule has 3 aromatic rings. The number of halogens is 3. The van der Waals surface area contributed by atoms with Gasteiger partial charge in [0.05, 0.1) is 16.9 Å². The van der Waals surface area contributed by atoms with Gasteiger partial charge in [0.1, 0.15) is 0 Å². The summed E-state index contributed by atoms with van der Waals surface area (Å²) in [6.45, 7) is 1.87. The van der Waals surface area contributed by atoms with Crippen molar-refractivity contribution in [2.24, 2.45) is 0 Å². The number of aromatic nitrogens is 2. The number of amides is 1. The van der Waals surface area contributed by atoms with E-state index in [-0.39, 0.29) is 0 Å². The number of alkyl halides is 3. The van der Waals surface area contributed by atoms with Gasteiger partial charge in [-0.1, -0.05) is 24.3 Å². The monoisotopic (exact) mass is 373 g/mol. The van der Waals surface area contributed by atoms with Crippen LogP contribution in [0.1, 0.15) is 21.6 Å². The zero-order valence-corrected chi connectivity index (χ0v) is 14.1. The van der Waals surface area contributed by atoms with Crippen molar-refractivity contribution in [3.63, 3.8) is 0 Å². The fourth-order valence-electron chi connectivity index (χ4n) is 2.50. The quantitative estimate of drug-likeness (QED) is 0.759. The Hall–Kier alpha value is -3.42. The van der Waals surface area contributed by atoms with Gasteiger partial charge in [0, 0.05) is 12.3 Å². The molecule has 0 saturated carbocycles. The fourth-order valence-corrected chi connectivity index (χ4v) is 2.50. The average Bonchev–Trinajstić information content (AvgIpc) is 2.61. The number of hydrogen-bond acceptors (Lipinski definition) is 3. The first-order chi connectivity index (χ1) is 12.8. The molecule has 0 aliphatic carbocycles. The van der Waals surface area contributed by atoms with E-state index in [4.69, 9.17) is 0 Å². The third kappa shape index (κ3) is 4.05. The molecule has 1 amide bonds. The van der Waals surface area contributed by atoms with Crippen molar-refractivity contribution in [1.82, 2.24) is 9.78 Å². The Balaban J connectivity index is 1.97. The average molecular weight is 373 g/mol. The van der Waals surface area contributed by atoms with E-state index in [1.54, 1.807) is 18.2 Å². The highest BCUT2D eigenvalue weighted by Crippen LogP contribution is 2.34. The smallest absolute Gasteiger partial charge is 0.320 e. The third-order valence-electron chi connectivity index (χ3n) is 3.77. The second-order valence-corrected chi connectivity index (χ2v) is 5.81. The van der Waals surface area contributed by atoms with Crippen molar-refractivity contribution in [2.45, 2.75) is 13.1 Å². The first kappa shape index (κ1) is 18.4. The summed E-state index contributed by atoms with van der Waals surface area (Å²) in [5.74, 6) is -1.02. The van der Waals surface area contributed by atoms with Crippen LogP contribution in [0.2, 0.25) is 0 Å². The van der Waals surface area contributed by atoms with E-state index in [0.717, 1.165) is 23.8 Å². The van der Waals surface area contributed by atoms with Crippen LogP contribution in [-0.4, -0.2) is 15.7 Å². The van der Waals surface area contributed by atoms with Gasteiger partial charge in [0.15, 0.2) is 5.69 Å². The summed E-state index contributed by atoms with van der Waals surface area (Å²) in [6, 6.07) is 12.8. The Morgan fingerprint density at radius 1 is 1.07 bits per heavy atom. The molecule has 0 aliphatic heterocycles. The minimum absolute atomic E-state index is 0.442. The number of aryl methyl sites for hydroxylation is 1. The lowest BCUT2D eigenvalue weighted by Gasteiger charge is -2.13. The minimum Gasteiger partial charge on any atom is -0.320 e. The molecule has 1 aromatic heterocycles. The van der Waals surface area contributed by atoms with Gasteiger partial charge in [-0.3, -0.25) is 9.59 Å². The zero-order chi connectivity index (χ0) is 19.6. The second kappa shape index (κ2) is 7.06. The Morgan fingerprint density at radius 2 is 1.81 bits per heavy atom. The maximum atomic E-state index is 13.1. The minimum atomic E-state index is -4.64. The fraction of sp³-hybridized carbons (Fsp3) is 0.105. The molecular formula is C19H14F3N3O2. The summed E-state index contributed by atoms with van der Waals surface area (Å²) in [4.78, 5) is 24.4. The summed E-state index contributed by atoms with van der Waals surface area (Å²) in [5.41, 5.74) is -1.09. The van der Waals surface area contributed by atoms with E-state index in [1.807, 2.05) is 13.0 Å². The number of nitrogens with one attached hydrogen (secondary N) is 1. The molecular weight excluding hydrogens is 359 g/mol. The predicted octanol–water partition coefficient (Wildman–Crippen LogP) is 3.81. The Labute approximate surface area is 152 Å². The van der Waals surface area contributed by atoms with Crippen molar-refractivity contribution < 1.29 is 18.0 Å². The van der Waals surface area contributed by atoms with E-state index < -0.39 is 34.5 Å². The van der Waals surface area contributed by atoms with Crippen LogP contribution in [0, 0.1) is 6.92 Å². The lowest BCUT2D eigenvalue weighted by Crippen LogP contribution is -2.26. The molecule has 0 aliphatic rings. The lowest BCUT2D eigenvalue weighted by molar-refractivity contribution is -0.136. The van der Waals surface area contributed by atoms with E-state index >= 15 is 0 Å². The standard InChI is InChI=1S/C19H14F3N3O2/c1-12-5-4-6-13(11-12)25-10-9-16(26)17(24-25)18(27)23-15-8-3-2-7-14(15)19(20,21)22/h2-11H,1H3,(H,23,27). The van der Waals surface area contributed by atoms with Crippen molar-refractivity contribution in [3.8, 4) is 5.69 Å². The molecule has 2 aromatic carbocycles. The number of benzene rings is 2. The molecule has 3 rings (SSSR count). The van der Waals surface area contributed by atoms with Crippen LogP contribution in [0.15, 0.2) is 65.6 Å². The lowest BCUT2D eigenvalue weighted by atomic mass is 10.1. The predicted molar refractivity (Wildman–Crippen MR) is 94.0 cm³/mol. The summed E-state index contributed by atoms with van der Waals surface area (Å²) in [5, 5.41) is 6.11. The van der Waals surface area contributed by atoms with Crippen molar-refractivity contribution in [1.29, 1.82) is 0 Å². The first-order valence-electron chi connectivity index (χ1n) is 7.90. The number of rotatable bonds is 3. The van der Waals surface area contributed by atoms with Gasteiger partial charge in [-0.05, 0) is 36.8 Å². The number of hydrogen-bond donors (Lipinski definition) is 1. The first-order valence-corrected chi connectivity index (χ1v) is 7.90.